The molecule has 0 unspecified atom stereocenters. The monoisotopic (exact) mass is 414 g/mol. The first kappa shape index (κ1) is 19.3. The van der Waals surface area contributed by atoms with E-state index in [4.69, 9.17) is 25.8 Å². The van der Waals surface area contributed by atoms with Crippen LogP contribution in [0.2, 0.25) is 5.02 Å². The summed E-state index contributed by atoms with van der Waals surface area (Å²) in [6.45, 7) is 1.54. The smallest absolute Gasteiger partial charge is 0.339 e. The second-order valence-corrected chi connectivity index (χ2v) is 6.96. The summed E-state index contributed by atoms with van der Waals surface area (Å²) in [5, 5.41) is 2.38. The lowest BCUT2D eigenvalue weighted by Gasteiger charge is -2.16. The van der Waals surface area contributed by atoms with Gasteiger partial charge in [0.1, 0.15) is 0 Å². The molecule has 0 bridgehead atoms. The molecule has 1 fully saturated rings. The van der Waals surface area contributed by atoms with Crippen LogP contribution >= 0.6 is 23.4 Å². The number of nitrogens with one attached hydrogen (secondary N) is 1. The van der Waals surface area contributed by atoms with Crippen molar-refractivity contribution in [1.82, 2.24) is 10.2 Å². The van der Waals surface area contributed by atoms with Gasteiger partial charge in [0, 0.05) is 13.1 Å². The predicted molar refractivity (Wildman–Crippen MR) is 95.0 cm³/mol. The average molecular weight is 415 g/mol. The van der Waals surface area contributed by atoms with Crippen LogP contribution in [-0.2, 0) is 14.3 Å². The number of hydrogen-bond donors (Lipinski definition) is 1. The summed E-state index contributed by atoms with van der Waals surface area (Å²) < 4.78 is 15.5. The molecule has 11 heteroatoms. The third kappa shape index (κ3) is 4.28. The second kappa shape index (κ2) is 8.05. The van der Waals surface area contributed by atoms with Crippen LogP contribution < -0.4 is 14.8 Å². The van der Waals surface area contributed by atoms with Gasteiger partial charge in [-0.3, -0.25) is 19.3 Å². The number of imide groups is 1. The molecule has 1 aromatic carbocycles. The molecule has 2 aliphatic rings. The van der Waals surface area contributed by atoms with Crippen molar-refractivity contribution in [1.29, 1.82) is 0 Å². The van der Waals surface area contributed by atoms with E-state index in [-0.39, 0.29) is 47.4 Å². The van der Waals surface area contributed by atoms with Crippen molar-refractivity contribution in [2.45, 2.75) is 13.0 Å². The highest BCUT2D eigenvalue weighted by molar-refractivity contribution is 8.14. The number of carbonyl (C=O) groups excluding carboxylic acids is 4. The highest BCUT2D eigenvalue weighted by Gasteiger charge is 2.29. The van der Waals surface area contributed by atoms with E-state index in [1.54, 1.807) is 0 Å². The van der Waals surface area contributed by atoms with Crippen molar-refractivity contribution in [3.8, 4) is 11.5 Å². The maximum absolute atomic E-state index is 12.2. The third-order valence-corrected chi connectivity index (χ3v) is 4.93. The average Bonchev–Trinajstić information content (AvgIpc) is 3.23. The van der Waals surface area contributed by atoms with Crippen molar-refractivity contribution in [3.63, 3.8) is 0 Å². The molecule has 144 valence electrons. The van der Waals surface area contributed by atoms with Crippen molar-refractivity contribution >= 4 is 46.4 Å². The Labute approximate surface area is 163 Å². The van der Waals surface area contributed by atoms with Crippen LogP contribution in [0.15, 0.2) is 12.1 Å². The number of esters is 1. The molecular weight excluding hydrogens is 400 g/mol. The molecule has 3 amide bonds. The number of nitrogens with zero attached hydrogens (tertiary/aromatic N) is 1. The first-order valence-electron chi connectivity index (χ1n) is 7.91. The van der Waals surface area contributed by atoms with Gasteiger partial charge in [0.25, 0.3) is 11.1 Å². The summed E-state index contributed by atoms with van der Waals surface area (Å²) in [5.41, 5.74) is 0.120. The molecule has 1 saturated heterocycles. The summed E-state index contributed by atoms with van der Waals surface area (Å²) in [6.07, 6.45) is -1.08. The quantitative estimate of drug-likeness (QED) is 0.696. The number of ether oxygens (including phenoxy) is 3. The molecule has 0 aliphatic carbocycles. The van der Waals surface area contributed by atoms with E-state index in [1.165, 1.54) is 19.1 Å². The molecule has 0 aromatic heterocycles. The van der Waals surface area contributed by atoms with Gasteiger partial charge in [-0.1, -0.05) is 23.4 Å². The zero-order valence-corrected chi connectivity index (χ0v) is 15.7. The molecule has 1 atom stereocenters. The number of thioether (sulfide) groups is 1. The van der Waals surface area contributed by atoms with Crippen LogP contribution in [0.5, 0.6) is 11.5 Å². The minimum atomic E-state index is -1.08. The van der Waals surface area contributed by atoms with Gasteiger partial charge in [0.2, 0.25) is 12.7 Å². The lowest BCUT2D eigenvalue weighted by Crippen LogP contribution is -2.41. The molecule has 3 rings (SSSR count). The summed E-state index contributed by atoms with van der Waals surface area (Å²) in [5.74, 6) is -0.814. The SMILES string of the molecule is C[C@@H](OC(=O)c1cc(Cl)c2c(c1)OCO2)C(=O)NCCN1C(=O)CSC1=O. The Kier molecular flexibility index (Phi) is 5.76. The van der Waals surface area contributed by atoms with Gasteiger partial charge in [0.15, 0.2) is 17.6 Å². The molecular formula is C16H15ClN2O7S. The van der Waals surface area contributed by atoms with Crippen LogP contribution in [0.1, 0.15) is 17.3 Å². The largest absolute Gasteiger partial charge is 0.454 e. The first-order valence-corrected chi connectivity index (χ1v) is 9.28. The number of halogens is 1. The maximum Gasteiger partial charge on any atom is 0.339 e. The summed E-state index contributed by atoms with van der Waals surface area (Å²) in [6, 6.07) is 2.79. The lowest BCUT2D eigenvalue weighted by atomic mass is 10.2. The number of carbonyl (C=O) groups is 4. The topological polar surface area (TPSA) is 111 Å². The lowest BCUT2D eigenvalue weighted by molar-refractivity contribution is -0.130. The zero-order valence-electron chi connectivity index (χ0n) is 14.2. The van der Waals surface area contributed by atoms with Gasteiger partial charge in [0.05, 0.1) is 16.3 Å². The molecule has 2 aliphatic heterocycles. The molecule has 9 nitrogen and oxygen atoms in total. The van der Waals surface area contributed by atoms with Gasteiger partial charge < -0.3 is 19.5 Å². The summed E-state index contributed by atoms with van der Waals surface area (Å²) in [7, 11) is 0. The normalized spacial score (nSPS) is 16.4. The van der Waals surface area contributed by atoms with Gasteiger partial charge in [-0.25, -0.2) is 4.79 Å². The highest BCUT2D eigenvalue weighted by Crippen LogP contribution is 2.39. The van der Waals surface area contributed by atoms with Crippen LogP contribution in [0.25, 0.3) is 0 Å². The Bertz CT molecular complexity index is 800. The first-order chi connectivity index (χ1) is 12.9. The van der Waals surface area contributed by atoms with E-state index in [0.29, 0.717) is 11.5 Å². The third-order valence-electron chi connectivity index (χ3n) is 3.79. The van der Waals surface area contributed by atoms with E-state index in [1.807, 2.05) is 0 Å². The van der Waals surface area contributed by atoms with Gasteiger partial charge in [-0.15, -0.1) is 0 Å². The number of fused-ring (bicyclic) bond motifs is 1. The fourth-order valence-corrected chi connectivity index (χ4v) is 3.42. The van der Waals surface area contributed by atoms with Crippen molar-refractivity contribution in [2.75, 3.05) is 25.6 Å². The minimum absolute atomic E-state index is 0.00684. The Balaban J connectivity index is 1.50. The summed E-state index contributed by atoms with van der Waals surface area (Å²) >= 11 is 6.94. The molecule has 1 aromatic rings. The van der Waals surface area contributed by atoms with Crippen LogP contribution in [-0.4, -0.2) is 59.7 Å². The predicted octanol–water partition coefficient (Wildman–Crippen LogP) is 1.43. The maximum atomic E-state index is 12.2. The number of rotatable bonds is 6. The van der Waals surface area contributed by atoms with E-state index >= 15 is 0 Å². The van der Waals surface area contributed by atoms with Crippen molar-refractivity contribution in [2.24, 2.45) is 0 Å². The molecule has 27 heavy (non-hydrogen) atoms. The fraction of sp³-hybridized carbons (Fsp3) is 0.375. The standard InChI is InChI=1S/C16H15ClN2O7S/c1-8(14(21)18-2-3-19-12(20)6-27-16(19)23)26-15(22)9-4-10(17)13-11(5-9)24-7-25-13/h4-5,8H,2-3,6-7H2,1H3,(H,18,21)/t8-/m1/s1. The van der Waals surface area contributed by atoms with Crippen LogP contribution in [0.3, 0.4) is 0 Å². The van der Waals surface area contributed by atoms with Crippen molar-refractivity contribution < 1.29 is 33.4 Å². The van der Waals surface area contributed by atoms with E-state index in [0.717, 1.165) is 16.7 Å². The van der Waals surface area contributed by atoms with Gasteiger partial charge >= 0.3 is 5.97 Å². The second-order valence-electron chi connectivity index (χ2n) is 5.63. The minimum Gasteiger partial charge on any atom is -0.454 e. The summed E-state index contributed by atoms with van der Waals surface area (Å²) in [4.78, 5) is 48.3. The molecule has 0 saturated carbocycles. The van der Waals surface area contributed by atoms with Gasteiger partial charge in [-0.2, -0.15) is 0 Å². The van der Waals surface area contributed by atoms with Gasteiger partial charge in [-0.05, 0) is 19.1 Å². The van der Waals surface area contributed by atoms with E-state index in [9.17, 15) is 19.2 Å². The number of hydrogen-bond acceptors (Lipinski definition) is 8. The Morgan fingerprint density at radius 3 is 2.85 bits per heavy atom. The molecule has 0 spiro atoms. The van der Waals surface area contributed by atoms with Crippen molar-refractivity contribution in [3.05, 3.63) is 22.7 Å². The Morgan fingerprint density at radius 2 is 2.15 bits per heavy atom. The Morgan fingerprint density at radius 1 is 1.37 bits per heavy atom. The highest BCUT2D eigenvalue weighted by atomic mass is 35.5. The fourth-order valence-electron chi connectivity index (χ4n) is 2.40. The van der Waals surface area contributed by atoms with E-state index < -0.39 is 18.0 Å². The van der Waals surface area contributed by atoms with Crippen LogP contribution in [0.4, 0.5) is 4.79 Å². The number of amides is 3. The molecule has 1 N–H and O–H groups in total. The number of benzene rings is 1. The van der Waals surface area contributed by atoms with E-state index in [2.05, 4.69) is 5.32 Å². The zero-order chi connectivity index (χ0) is 19.6. The molecule has 2 heterocycles. The Hall–Kier alpha value is -2.46. The van der Waals surface area contributed by atoms with Crippen LogP contribution in [0, 0.1) is 0 Å². The molecule has 0 radical (unpaired) electrons.